The van der Waals surface area contributed by atoms with Crippen LogP contribution in [0.4, 0.5) is 5.69 Å². The van der Waals surface area contributed by atoms with E-state index in [2.05, 4.69) is 36.2 Å². The van der Waals surface area contributed by atoms with Crippen LogP contribution in [0.3, 0.4) is 0 Å². The molecule has 1 fully saturated rings. The summed E-state index contributed by atoms with van der Waals surface area (Å²) < 4.78 is 0. The van der Waals surface area contributed by atoms with E-state index in [1.165, 1.54) is 5.56 Å². The van der Waals surface area contributed by atoms with Crippen molar-refractivity contribution in [3.8, 4) is 0 Å². The van der Waals surface area contributed by atoms with Gasteiger partial charge < -0.3 is 10.2 Å². The Labute approximate surface area is 167 Å². The van der Waals surface area contributed by atoms with Gasteiger partial charge in [0.25, 0.3) is 5.91 Å². The van der Waals surface area contributed by atoms with Gasteiger partial charge >= 0.3 is 0 Å². The maximum Gasteiger partial charge on any atom is 0.255 e. The van der Waals surface area contributed by atoms with Gasteiger partial charge in [-0.05, 0) is 54.9 Å². The lowest BCUT2D eigenvalue weighted by atomic mass is 10.1. The molecule has 5 nitrogen and oxygen atoms in total. The number of hydrogen-bond acceptors (Lipinski definition) is 3. The number of likely N-dealkylation sites (tertiary alicyclic amines) is 1. The van der Waals surface area contributed by atoms with Gasteiger partial charge in [-0.15, -0.1) is 0 Å². The average Bonchev–Trinajstić information content (AvgIpc) is 3.12. The van der Waals surface area contributed by atoms with Crippen LogP contribution in [0, 0.1) is 0 Å². The first kappa shape index (κ1) is 20.1. The molecule has 1 N–H and O–H groups in total. The van der Waals surface area contributed by atoms with Crippen molar-refractivity contribution in [3.63, 3.8) is 0 Å². The first-order valence-corrected chi connectivity index (χ1v) is 10.1. The summed E-state index contributed by atoms with van der Waals surface area (Å²) in [7, 11) is 0. The van der Waals surface area contributed by atoms with Crippen LogP contribution < -0.4 is 5.32 Å². The SMILES string of the molecule is CCN(CC)Cc1ccc(NC(=O)c2ccc(CN3CCCC3=O)cc2)cc1. The molecular formula is C23H29N3O2. The molecule has 0 atom stereocenters. The molecule has 1 saturated heterocycles. The zero-order valence-electron chi connectivity index (χ0n) is 16.8. The molecule has 0 aliphatic carbocycles. The van der Waals surface area contributed by atoms with E-state index in [4.69, 9.17) is 0 Å². The molecule has 2 amide bonds. The highest BCUT2D eigenvalue weighted by atomic mass is 16.2. The number of nitrogens with one attached hydrogen (secondary N) is 1. The second-order valence-electron chi connectivity index (χ2n) is 7.23. The minimum absolute atomic E-state index is 0.125. The fraction of sp³-hybridized carbons (Fsp3) is 0.391. The first-order chi connectivity index (χ1) is 13.6. The number of benzene rings is 2. The smallest absolute Gasteiger partial charge is 0.255 e. The van der Waals surface area contributed by atoms with Crippen molar-refractivity contribution >= 4 is 17.5 Å². The Morgan fingerprint density at radius 1 is 1.00 bits per heavy atom. The number of rotatable bonds is 8. The summed E-state index contributed by atoms with van der Waals surface area (Å²) in [6.45, 7) is 8.73. The lowest BCUT2D eigenvalue weighted by molar-refractivity contribution is -0.128. The van der Waals surface area contributed by atoms with Crippen LogP contribution in [0.25, 0.3) is 0 Å². The average molecular weight is 380 g/mol. The standard InChI is InChI=1S/C23H29N3O2/c1-3-25(4-2)16-18-9-13-21(14-10-18)24-23(28)20-11-7-19(8-12-20)17-26-15-5-6-22(26)27/h7-14H,3-6,15-17H2,1-2H3,(H,24,28). The zero-order valence-corrected chi connectivity index (χ0v) is 16.8. The minimum Gasteiger partial charge on any atom is -0.338 e. The lowest BCUT2D eigenvalue weighted by Gasteiger charge is -2.18. The quantitative estimate of drug-likeness (QED) is 0.757. The molecule has 0 spiro atoms. The van der Waals surface area contributed by atoms with E-state index < -0.39 is 0 Å². The largest absolute Gasteiger partial charge is 0.338 e. The molecule has 3 rings (SSSR count). The van der Waals surface area contributed by atoms with Crippen molar-refractivity contribution in [2.75, 3.05) is 25.0 Å². The van der Waals surface area contributed by atoms with Crippen LogP contribution in [0.15, 0.2) is 48.5 Å². The van der Waals surface area contributed by atoms with Gasteiger partial charge in [0.1, 0.15) is 0 Å². The summed E-state index contributed by atoms with van der Waals surface area (Å²) in [4.78, 5) is 28.4. The molecule has 0 aromatic heterocycles. The van der Waals surface area contributed by atoms with Crippen molar-refractivity contribution in [2.45, 2.75) is 39.8 Å². The Kier molecular flexibility index (Phi) is 6.82. The lowest BCUT2D eigenvalue weighted by Crippen LogP contribution is -2.23. The number of amides is 2. The number of hydrogen-bond donors (Lipinski definition) is 1. The van der Waals surface area contributed by atoms with E-state index in [0.717, 1.165) is 43.9 Å². The van der Waals surface area contributed by atoms with Gasteiger partial charge in [-0.2, -0.15) is 0 Å². The summed E-state index contributed by atoms with van der Waals surface area (Å²) in [5.41, 5.74) is 3.69. The number of anilines is 1. The van der Waals surface area contributed by atoms with Crippen molar-refractivity contribution in [1.29, 1.82) is 0 Å². The Morgan fingerprint density at radius 2 is 1.64 bits per heavy atom. The molecule has 0 saturated carbocycles. The summed E-state index contributed by atoms with van der Waals surface area (Å²) in [6.07, 6.45) is 1.58. The van der Waals surface area contributed by atoms with Crippen molar-refractivity contribution in [3.05, 3.63) is 65.2 Å². The predicted octanol–water partition coefficient (Wildman–Crippen LogP) is 3.90. The summed E-state index contributed by atoms with van der Waals surface area (Å²) >= 11 is 0. The van der Waals surface area contributed by atoms with Gasteiger partial charge in [0.05, 0.1) is 0 Å². The monoisotopic (exact) mass is 379 g/mol. The van der Waals surface area contributed by atoms with E-state index >= 15 is 0 Å². The maximum atomic E-state index is 12.5. The first-order valence-electron chi connectivity index (χ1n) is 10.1. The van der Waals surface area contributed by atoms with Crippen molar-refractivity contribution < 1.29 is 9.59 Å². The van der Waals surface area contributed by atoms with E-state index in [1.54, 1.807) is 0 Å². The molecule has 148 valence electrons. The second-order valence-corrected chi connectivity index (χ2v) is 7.23. The summed E-state index contributed by atoms with van der Waals surface area (Å²) in [5, 5.41) is 2.95. The van der Waals surface area contributed by atoms with Gasteiger partial charge in [-0.1, -0.05) is 38.1 Å². The number of carbonyl (C=O) groups is 2. The minimum atomic E-state index is -0.125. The van der Waals surface area contributed by atoms with Crippen LogP contribution >= 0.6 is 0 Å². The Bertz CT molecular complexity index is 796. The third-order valence-corrected chi connectivity index (χ3v) is 5.27. The number of nitrogens with zero attached hydrogens (tertiary/aromatic N) is 2. The summed E-state index contributed by atoms with van der Waals surface area (Å²) in [5.74, 6) is 0.0894. The fourth-order valence-corrected chi connectivity index (χ4v) is 3.46. The molecule has 0 bridgehead atoms. The van der Waals surface area contributed by atoms with Crippen LogP contribution in [-0.4, -0.2) is 41.2 Å². The van der Waals surface area contributed by atoms with Crippen LogP contribution in [0.2, 0.25) is 0 Å². The highest BCUT2D eigenvalue weighted by Gasteiger charge is 2.20. The van der Waals surface area contributed by atoms with Gasteiger partial charge in [-0.25, -0.2) is 0 Å². The molecule has 5 heteroatoms. The molecule has 1 aliphatic rings. The van der Waals surface area contributed by atoms with E-state index in [0.29, 0.717) is 18.5 Å². The topological polar surface area (TPSA) is 52.7 Å². The highest BCUT2D eigenvalue weighted by Crippen LogP contribution is 2.16. The highest BCUT2D eigenvalue weighted by molar-refractivity contribution is 6.04. The molecule has 1 heterocycles. The van der Waals surface area contributed by atoms with Crippen LogP contribution in [-0.2, 0) is 17.9 Å². The predicted molar refractivity (Wildman–Crippen MR) is 112 cm³/mol. The Balaban J connectivity index is 1.56. The second kappa shape index (κ2) is 9.51. The molecular weight excluding hydrogens is 350 g/mol. The summed E-state index contributed by atoms with van der Waals surface area (Å²) in [6, 6.07) is 15.5. The zero-order chi connectivity index (χ0) is 19.9. The van der Waals surface area contributed by atoms with Crippen LogP contribution in [0.5, 0.6) is 0 Å². The van der Waals surface area contributed by atoms with Gasteiger partial charge in [0.2, 0.25) is 5.91 Å². The van der Waals surface area contributed by atoms with E-state index in [-0.39, 0.29) is 11.8 Å². The third-order valence-electron chi connectivity index (χ3n) is 5.27. The normalized spacial score (nSPS) is 14.0. The Hall–Kier alpha value is -2.66. The van der Waals surface area contributed by atoms with Gasteiger partial charge in [0.15, 0.2) is 0 Å². The van der Waals surface area contributed by atoms with Gasteiger partial charge in [0, 0.05) is 37.3 Å². The Morgan fingerprint density at radius 3 is 2.21 bits per heavy atom. The van der Waals surface area contributed by atoms with Crippen molar-refractivity contribution in [2.24, 2.45) is 0 Å². The molecule has 28 heavy (non-hydrogen) atoms. The third kappa shape index (κ3) is 5.20. The van der Waals surface area contributed by atoms with E-state index in [1.807, 2.05) is 41.3 Å². The number of carbonyl (C=O) groups excluding carboxylic acids is 2. The molecule has 0 radical (unpaired) electrons. The molecule has 1 aliphatic heterocycles. The van der Waals surface area contributed by atoms with E-state index in [9.17, 15) is 9.59 Å². The van der Waals surface area contributed by atoms with Crippen LogP contribution in [0.1, 0.15) is 48.2 Å². The molecule has 2 aromatic rings. The van der Waals surface area contributed by atoms with Gasteiger partial charge in [-0.3, -0.25) is 14.5 Å². The maximum absolute atomic E-state index is 12.5. The van der Waals surface area contributed by atoms with Crippen molar-refractivity contribution in [1.82, 2.24) is 9.80 Å². The molecule has 0 unspecified atom stereocenters. The fourth-order valence-electron chi connectivity index (χ4n) is 3.46. The molecule has 2 aromatic carbocycles.